The van der Waals surface area contributed by atoms with E-state index in [0.29, 0.717) is 35.9 Å². The van der Waals surface area contributed by atoms with Crippen LogP contribution in [0.1, 0.15) is 12.2 Å². The third kappa shape index (κ3) is 4.59. The van der Waals surface area contributed by atoms with Crippen LogP contribution in [-0.2, 0) is 4.79 Å². The van der Waals surface area contributed by atoms with Gasteiger partial charge in [0.1, 0.15) is 35.0 Å². The second-order valence-corrected chi connectivity index (χ2v) is 7.14. The van der Waals surface area contributed by atoms with Gasteiger partial charge in [-0.1, -0.05) is 30.2 Å². The summed E-state index contributed by atoms with van der Waals surface area (Å²) >= 11 is 5.85. The molecule has 1 atom stereocenters. The number of nitrogens with one attached hydrogen (secondary N) is 2. The Morgan fingerprint density at radius 3 is 3.19 bits per heavy atom. The molecule has 3 heterocycles. The number of likely N-dealkylation sites (tertiary alicyclic amines) is 1. The first-order valence-corrected chi connectivity index (χ1v) is 9.87. The van der Waals surface area contributed by atoms with Gasteiger partial charge in [-0.15, -0.1) is 0 Å². The number of carbonyl (C=O) groups is 1. The molecule has 8 nitrogen and oxygen atoms in total. The molecule has 0 saturated carbocycles. The number of ether oxygens (including phenoxy) is 1. The van der Waals surface area contributed by atoms with E-state index in [1.165, 1.54) is 24.5 Å². The van der Waals surface area contributed by atoms with Crippen molar-refractivity contribution in [2.24, 2.45) is 0 Å². The number of carbonyl (C=O) groups excluding carboxylic acids is 1. The summed E-state index contributed by atoms with van der Waals surface area (Å²) in [6.45, 7) is 4.75. The quantitative estimate of drug-likeness (QED) is 0.468. The van der Waals surface area contributed by atoms with E-state index in [4.69, 9.17) is 16.3 Å². The van der Waals surface area contributed by atoms with Crippen molar-refractivity contribution in [2.75, 3.05) is 25.0 Å². The number of hydrogen-bond acceptors (Lipinski definition) is 6. The summed E-state index contributed by atoms with van der Waals surface area (Å²) in [7, 11) is 0. The summed E-state index contributed by atoms with van der Waals surface area (Å²) < 4.78 is 18.8. The van der Waals surface area contributed by atoms with Crippen LogP contribution in [0.25, 0.3) is 11.2 Å². The molecule has 1 saturated heterocycles. The van der Waals surface area contributed by atoms with Gasteiger partial charge in [-0.05, 0) is 30.6 Å². The highest BCUT2D eigenvalue weighted by molar-refractivity contribution is 6.32. The number of imidazole rings is 1. The average molecular weight is 441 g/mol. The zero-order valence-electron chi connectivity index (χ0n) is 16.4. The maximum absolute atomic E-state index is 13.4. The first-order valence-electron chi connectivity index (χ1n) is 9.49. The van der Waals surface area contributed by atoms with E-state index in [9.17, 15) is 9.18 Å². The molecule has 2 N–H and O–H groups in total. The summed E-state index contributed by atoms with van der Waals surface area (Å²) in [4.78, 5) is 29.4. The molecule has 0 bridgehead atoms. The molecule has 0 radical (unpaired) electrons. The Kier molecular flexibility index (Phi) is 6.00. The minimum atomic E-state index is -0.553. The second-order valence-electron chi connectivity index (χ2n) is 6.77. The van der Waals surface area contributed by atoms with Gasteiger partial charge in [0.15, 0.2) is 17.3 Å². The number of hydrogen-bond donors (Lipinski definition) is 2. The smallest absolute Gasteiger partial charge is 0.246 e. The number of H-pyrrole nitrogens is 1. The van der Waals surface area contributed by atoms with E-state index in [0.717, 1.165) is 6.42 Å². The summed E-state index contributed by atoms with van der Waals surface area (Å²) in [6.07, 6.45) is 3.53. The number of nitrogens with zero attached hydrogens (tertiary/aromatic N) is 4. The number of fused-ring (bicyclic) bond motifs is 1. The van der Waals surface area contributed by atoms with Crippen molar-refractivity contribution >= 4 is 34.5 Å². The van der Waals surface area contributed by atoms with Crippen molar-refractivity contribution in [3.05, 3.63) is 53.8 Å². The highest BCUT2D eigenvalue weighted by Crippen LogP contribution is 2.26. The average Bonchev–Trinajstić information content (AvgIpc) is 3.41. The van der Waals surface area contributed by atoms with Gasteiger partial charge in [-0.25, -0.2) is 19.3 Å². The highest BCUT2D eigenvalue weighted by atomic mass is 35.5. The number of rotatable bonds is 5. The molecule has 1 unspecified atom stereocenters. The summed E-state index contributed by atoms with van der Waals surface area (Å²) in [5, 5.41) is 3.25. The van der Waals surface area contributed by atoms with E-state index >= 15 is 0 Å². The molecule has 0 aliphatic carbocycles. The fourth-order valence-electron chi connectivity index (χ4n) is 3.23. The predicted octanol–water partition coefficient (Wildman–Crippen LogP) is 2.77. The van der Waals surface area contributed by atoms with Gasteiger partial charge < -0.3 is 19.9 Å². The van der Waals surface area contributed by atoms with Crippen LogP contribution in [0.15, 0.2) is 37.2 Å². The van der Waals surface area contributed by atoms with Crippen LogP contribution >= 0.6 is 11.6 Å². The lowest BCUT2D eigenvalue weighted by Gasteiger charge is -2.15. The van der Waals surface area contributed by atoms with Gasteiger partial charge in [-0.2, -0.15) is 0 Å². The maximum Gasteiger partial charge on any atom is 0.246 e. The van der Waals surface area contributed by atoms with E-state index in [1.54, 1.807) is 11.0 Å². The van der Waals surface area contributed by atoms with Gasteiger partial charge >= 0.3 is 0 Å². The van der Waals surface area contributed by atoms with Crippen LogP contribution in [0.4, 0.5) is 10.2 Å². The summed E-state index contributed by atoms with van der Waals surface area (Å²) in [6, 6.07) is 4.38. The Balaban J connectivity index is 1.43. The third-order valence-electron chi connectivity index (χ3n) is 4.73. The van der Waals surface area contributed by atoms with Crippen LogP contribution in [0.5, 0.6) is 5.75 Å². The Bertz CT molecular complexity index is 1200. The van der Waals surface area contributed by atoms with Crippen molar-refractivity contribution in [3.8, 4) is 17.6 Å². The summed E-state index contributed by atoms with van der Waals surface area (Å²) in [5.74, 6) is 6.22. The predicted molar refractivity (Wildman–Crippen MR) is 114 cm³/mol. The zero-order valence-corrected chi connectivity index (χ0v) is 17.1. The number of amides is 1. The van der Waals surface area contributed by atoms with Crippen molar-refractivity contribution in [2.45, 2.75) is 12.5 Å². The maximum atomic E-state index is 13.4. The zero-order chi connectivity index (χ0) is 21.8. The molecule has 0 spiro atoms. The lowest BCUT2D eigenvalue weighted by Crippen LogP contribution is -2.30. The first-order chi connectivity index (χ1) is 15.0. The molecule has 1 aromatic carbocycles. The molecule has 31 heavy (non-hydrogen) atoms. The van der Waals surface area contributed by atoms with Crippen LogP contribution in [0.3, 0.4) is 0 Å². The molecule has 1 aliphatic rings. The highest BCUT2D eigenvalue weighted by Gasteiger charge is 2.25. The third-order valence-corrected chi connectivity index (χ3v) is 5.09. The minimum absolute atomic E-state index is 0.00620. The van der Waals surface area contributed by atoms with Crippen LogP contribution in [0.2, 0.25) is 5.02 Å². The Morgan fingerprint density at radius 1 is 1.48 bits per heavy atom. The van der Waals surface area contributed by atoms with Gasteiger partial charge in [0.2, 0.25) is 5.91 Å². The van der Waals surface area contributed by atoms with Crippen LogP contribution in [-0.4, -0.2) is 56.5 Å². The number of aromatic amines is 1. The van der Waals surface area contributed by atoms with E-state index < -0.39 is 5.82 Å². The van der Waals surface area contributed by atoms with Gasteiger partial charge in [0.05, 0.1) is 0 Å². The Labute approximate surface area is 182 Å². The molecule has 3 aromatic rings. The van der Waals surface area contributed by atoms with Crippen LogP contribution < -0.4 is 10.1 Å². The molecule has 2 aromatic heterocycles. The van der Waals surface area contributed by atoms with Crippen molar-refractivity contribution in [1.29, 1.82) is 0 Å². The first kappa shape index (κ1) is 20.6. The lowest BCUT2D eigenvalue weighted by atomic mass is 10.2. The number of benzene rings is 1. The number of anilines is 1. The largest absolute Gasteiger partial charge is 0.479 e. The lowest BCUT2D eigenvalue weighted by molar-refractivity contribution is -0.125. The van der Waals surface area contributed by atoms with Crippen molar-refractivity contribution < 1.29 is 13.9 Å². The monoisotopic (exact) mass is 440 g/mol. The molecule has 10 heteroatoms. The molecule has 158 valence electrons. The van der Waals surface area contributed by atoms with Crippen LogP contribution in [0, 0.1) is 17.7 Å². The molecular formula is C21H18ClFN6O2. The molecule has 1 aliphatic heterocycles. The second kappa shape index (κ2) is 9.02. The van der Waals surface area contributed by atoms with Gasteiger partial charge in [0, 0.05) is 19.1 Å². The Morgan fingerprint density at radius 2 is 2.35 bits per heavy atom. The SMILES string of the molecule is C=CC(=O)N1CCC(Nc2ncnc3nc(C#CCOc4cccc(F)c4Cl)[nH]c23)C1. The normalized spacial score (nSPS) is 15.4. The minimum Gasteiger partial charge on any atom is -0.479 e. The topological polar surface area (TPSA) is 96.0 Å². The molecule has 1 fully saturated rings. The van der Waals surface area contributed by atoms with Gasteiger partial charge in [0.25, 0.3) is 0 Å². The number of aromatic nitrogens is 4. The fraction of sp³-hybridized carbons (Fsp3) is 0.238. The summed E-state index contributed by atoms with van der Waals surface area (Å²) in [5.41, 5.74) is 1.09. The van der Waals surface area contributed by atoms with Crippen molar-refractivity contribution in [3.63, 3.8) is 0 Å². The standard InChI is InChI=1S/C21H18ClFN6O2/c1-2-17(30)29-9-8-13(11-29)26-20-19-21(25-12-24-20)28-16(27-19)7-4-10-31-15-6-3-5-14(23)18(15)22/h2-3,5-6,12-13H,1,8-11H2,(H2,24,25,26,27,28). The van der Waals surface area contributed by atoms with Gasteiger partial charge in [-0.3, -0.25) is 4.79 Å². The van der Waals surface area contributed by atoms with E-state index in [2.05, 4.69) is 43.7 Å². The molecule has 4 rings (SSSR count). The molecular weight excluding hydrogens is 423 g/mol. The van der Waals surface area contributed by atoms with E-state index in [1.807, 2.05) is 0 Å². The Hall–Kier alpha value is -3.64. The fourth-order valence-corrected chi connectivity index (χ4v) is 3.41. The number of halogens is 2. The van der Waals surface area contributed by atoms with Crippen molar-refractivity contribution in [1.82, 2.24) is 24.8 Å². The molecule has 1 amide bonds. The van der Waals surface area contributed by atoms with E-state index in [-0.39, 0.29) is 29.3 Å².